The maximum Gasteiger partial charge on any atom is 0.225 e. The Morgan fingerprint density at radius 1 is 1.18 bits per heavy atom. The second kappa shape index (κ2) is 8.28. The minimum Gasteiger partial charge on any atom is -0.370 e. The SMILES string of the molecule is I.NC(=NCc1cccs1)N1CCN(c2ncccn2)CC1. The molecule has 1 aliphatic heterocycles. The number of hydrogen-bond acceptors (Lipinski definition) is 5. The van der Waals surface area contributed by atoms with E-state index in [1.165, 1.54) is 4.88 Å². The Morgan fingerprint density at radius 3 is 2.55 bits per heavy atom. The van der Waals surface area contributed by atoms with Crippen LogP contribution in [-0.2, 0) is 6.54 Å². The molecule has 6 nitrogen and oxygen atoms in total. The Kier molecular flexibility index (Phi) is 6.37. The van der Waals surface area contributed by atoms with Crippen LogP contribution < -0.4 is 10.6 Å². The first-order valence-electron chi connectivity index (χ1n) is 6.92. The number of aromatic nitrogens is 2. The third-order valence-electron chi connectivity index (χ3n) is 3.42. The van der Waals surface area contributed by atoms with E-state index in [2.05, 4.69) is 36.2 Å². The standard InChI is InChI=1S/C14H18N6S.HI/c15-13(18-11-12-3-1-10-21-12)19-6-8-20(9-7-19)14-16-4-2-5-17-14;/h1-5,10H,6-9,11H2,(H2,15,18);1H. The molecule has 0 amide bonds. The van der Waals surface area contributed by atoms with Gasteiger partial charge >= 0.3 is 0 Å². The Bertz CT molecular complexity index is 581. The van der Waals surface area contributed by atoms with Gasteiger partial charge in [-0.3, -0.25) is 0 Å². The number of guanidine groups is 1. The molecule has 1 fully saturated rings. The molecule has 0 radical (unpaired) electrons. The number of piperazine rings is 1. The summed E-state index contributed by atoms with van der Waals surface area (Å²) in [5.41, 5.74) is 6.08. The predicted octanol–water partition coefficient (Wildman–Crippen LogP) is 1.79. The Balaban J connectivity index is 0.00000176. The number of rotatable bonds is 3. The van der Waals surface area contributed by atoms with Gasteiger partial charge in [0.25, 0.3) is 0 Å². The first-order chi connectivity index (χ1) is 10.3. The van der Waals surface area contributed by atoms with E-state index in [1.54, 1.807) is 23.7 Å². The zero-order valence-corrected chi connectivity index (χ0v) is 15.3. The Hall–Kier alpha value is -1.42. The van der Waals surface area contributed by atoms with Gasteiger partial charge in [0, 0.05) is 43.4 Å². The molecule has 2 aromatic rings. The quantitative estimate of drug-likeness (QED) is 0.457. The van der Waals surface area contributed by atoms with Crippen molar-refractivity contribution in [1.29, 1.82) is 0 Å². The van der Waals surface area contributed by atoms with Gasteiger partial charge in [0.2, 0.25) is 5.95 Å². The number of thiophene rings is 1. The Morgan fingerprint density at radius 2 is 1.91 bits per heavy atom. The van der Waals surface area contributed by atoms with Crippen LogP contribution in [0.4, 0.5) is 5.95 Å². The van der Waals surface area contributed by atoms with E-state index in [0.29, 0.717) is 12.5 Å². The van der Waals surface area contributed by atoms with Crippen LogP contribution in [0.1, 0.15) is 4.88 Å². The van der Waals surface area contributed by atoms with Crippen molar-refractivity contribution in [1.82, 2.24) is 14.9 Å². The zero-order valence-electron chi connectivity index (χ0n) is 12.1. The molecule has 1 aliphatic rings. The molecule has 0 saturated carbocycles. The van der Waals surface area contributed by atoms with Crippen LogP contribution in [-0.4, -0.2) is 47.0 Å². The average Bonchev–Trinajstić information content (AvgIpc) is 3.07. The molecule has 3 heterocycles. The fourth-order valence-corrected chi connectivity index (χ4v) is 2.88. The normalized spacial score (nSPS) is 15.5. The van der Waals surface area contributed by atoms with Gasteiger partial charge in [-0.25, -0.2) is 15.0 Å². The molecule has 3 rings (SSSR count). The van der Waals surface area contributed by atoms with Crippen molar-refractivity contribution in [3.8, 4) is 0 Å². The molecule has 118 valence electrons. The molecule has 0 aliphatic carbocycles. The van der Waals surface area contributed by atoms with Gasteiger partial charge in [-0.2, -0.15) is 0 Å². The summed E-state index contributed by atoms with van der Waals surface area (Å²) in [6, 6.07) is 5.94. The van der Waals surface area contributed by atoms with Crippen LogP contribution in [0.3, 0.4) is 0 Å². The van der Waals surface area contributed by atoms with Crippen LogP contribution in [0, 0.1) is 0 Å². The number of hydrogen-bond donors (Lipinski definition) is 1. The fourth-order valence-electron chi connectivity index (χ4n) is 2.25. The largest absolute Gasteiger partial charge is 0.370 e. The van der Waals surface area contributed by atoms with E-state index in [4.69, 9.17) is 5.73 Å². The maximum absolute atomic E-state index is 6.08. The third-order valence-corrected chi connectivity index (χ3v) is 4.28. The van der Waals surface area contributed by atoms with Crippen LogP contribution in [0.5, 0.6) is 0 Å². The molecule has 2 aromatic heterocycles. The summed E-state index contributed by atoms with van der Waals surface area (Å²) in [5, 5.41) is 2.06. The van der Waals surface area contributed by atoms with Crippen molar-refractivity contribution in [3.63, 3.8) is 0 Å². The molecule has 0 unspecified atom stereocenters. The van der Waals surface area contributed by atoms with Gasteiger partial charge in [-0.15, -0.1) is 35.3 Å². The summed E-state index contributed by atoms with van der Waals surface area (Å²) < 4.78 is 0. The smallest absolute Gasteiger partial charge is 0.225 e. The lowest BCUT2D eigenvalue weighted by Gasteiger charge is -2.35. The van der Waals surface area contributed by atoms with Gasteiger partial charge in [0.05, 0.1) is 6.54 Å². The molecule has 0 bridgehead atoms. The van der Waals surface area contributed by atoms with E-state index >= 15 is 0 Å². The highest BCUT2D eigenvalue weighted by atomic mass is 127. The van der Waals surface area contributed by atoms with Gasteiger partial charge in [-0.1, -0.05) is 6.07 Å². The molecule has 1 saturated heterocycles. The lowest BCUT2D eigenvalue weighted by molar-refractivity contribution is 0.378. The number of halogens is 1. The van der Waals surface area contributed by atoms with Crippen LogP contribution in [0.15, 0.2) is 41.0 Å². The number of aliphatic imine (C=N–C) groups is 1. The van der Waals surface area contributed by atoms with Gasteiger partial charge in [-0.05, 0) is 17.5 Å². The van der Waals surface area contributed by atoms with Crippen molar-refractivity contribution >= 4 is 47.2 Å². The van der Waals surface area contributed by atoms with Crippen molar-refractivity contribution in [3.05, 3.63) is 40.8 Å². The highest BCUT2D eigenvalue weighted by molar-refractivity contribution is 14.0. The summed E-state index contributed by atoms with van der Waals surface area (Å²) >= 11 is 1.70. The van der Waals surface area contributed by atoms with Gasteiger partial charge in [0.1, 0.15) is 0 Å². The highest BCUT2D eigenvalue weighted by Gasteiger charge is 2.19. The van der Waals surface area contributed by atoms with Crippen molar-refractivity contribution in [2.24, 2.45) is 10.7 Å². The number of anilines is 1. The predicted molar refractivity (Wildman–Crippen MR) is 101 cm³/mol. The summed E-state index contributed by atoms with van der Waals surface area (Å²) in [5.74, 6) is 1.41. The van der Waals surface area contributed by atoms with Crippen LogP contribution in [0.25, 0.3) is 0 Å². The van der Waals surface area contributed by atoms with Gasteiger partial charge < -0.3 is 15.5 Å². The van der Waals surface area contributed by atoms with E-state index < -0.39 is 0 Å². The van der Waals surface area contributed by atoms with E-state index in [-0.39, 0.29) is 24.0 Å². The van der Waals surface area contributed by atoms with Crippen molar-refractivity contribution in [2.45, 2.75) is 6.54 Å². The lowest BCUT2D eigenvalue weighted by atomic mass is 10.3. The topological polar surface area (TPSA) is 70.6 Å². The summed E-state index contributed by atoms with van der Waals surface area (Å²) in [4.78, 5) is 18.5. The summed E-state index contributed by atoms with van der Waals surface area (Å²) in [6.45, 7) is 4.07. The van der Waals surface area contributed by atoms with Crippen LogP contribution >= 0.6 is 35.3 Å². The molecular weight excluding hydrogens is 411 g/mol. The Labute approximate surface area is 151 Å². The lowest BCUT2D eigenvalue weighted by Crippen LogP contribution is -2.51. The van der Waals surface area contributed by atoms with Crippen molar-refractivity contribution in [2.75, 3.05) is 31.1 Å². The fraction of sp³-hybridized carbons (Fsp3) is 0.357. The first kappa shape index (κ1) is 16.9. The van der Waals surface area contributed by atoms with Gasteiger partial charge in [0.15, 0.2) is 5.96 Å². The number of nitrogens with zero attached hydrogens (tertiary/aromatic N) is 5. The molecule has 8 heteroatoms. The monoisotopic (exact) mass is 430 g/mol. The summed E-state index contributed by atoms with van der Waals surface area (Å²) in [6.07, 6.45) is 3.54. The third kappa shape index (κ3) is 4.29. The molecular formula is C14H19IN6S. The van der Waals surface area contributed by atoms with E-state index in [9.17, 15) is 0 Å². The maximum atomic E-state index is 6.08. The molecule has 0 atom stereocenters. The molecule has 0 spiro atoms. The second-order valence-corrected chi connectivity index (χ2v) is 5.81. The zero-order chi connectivity index (χ0) is 14.5. The van der Waals surface area contributed by atoms with E-state index in [0.717, 1.165) is 32.1 Å². The van der Waals surface area contributed by atoms with E-state index in [1.807, 2.05) is 12.1 Å². The van der Waals surface area contributed by atoms with Crippen LogP contribution in [0.2, 0.25) is 0 Å². The molecule has 22 heavy (non-hydrogen) atoms. The molecule has 0 aromatic carbocycles. The van der Waals surface area contributed by atoms with Crippen molar-refractivity contribution < 1.29 is 0 Å². The summed E-state index contributed by atoms with van der Waals surface area (Å²) in [7, 11) is 0. The average molecular weight is 430 g/mol. The highest BCUT2D eigenvalue weighted by Crippen LogP contribution is 2.11. The minimum atomic E-state index is 0. The number of nitrogens with two attached hydrogens (primary N) is 1. The molecule has 2 N–H and O–H groups in total. The minimum absolute atomic E-state index is 0. The first-order valence-corrected chi connectivity index (χ1v) is 7.80. The second-order valence-electron chi connectivity index (χ2n) is 4.78.